The number of halogens is 2. The molecule has 0 aliphatic heterocycles. The van der Waals surface area contributed by atoms with Gasteiger partial charge in [-0.1, -0.05) is 11.6 Å². The number of anilines is 1. The van der Waals surface area contributed by atoms with E-state index in [-0.39, 0.29) is 17.9 Å². The Morgan fingerprint density at radius 1 is 1.12 bits per heavy atom. The highest BCUT2D eigenvalue weighted by atomic mass is 35.5. The number of amides is 1. The molecular formula is C17H17ClFNO4. The predicted octanol–water partition coefficient (Wildman–Crippen LogP) is 3.77. The van der Waals surface area contributed by atoms with Crippen LogP contribution in [0.15, 0.2) is 36.4 Å². The third-order valence-corrected chi connectivity index (χ3v) is 3.38. The third kappa shape index (κ3) is 4.59. The Balaban J connectivity index is 2.23. The van der Waals surface area contributed by atoms with Crippen LogP contribution in [0.3, 0.4) is 0 Å². The monoisotopic (exact) mass is 353 g/mol. The fraction of sp³-hybridized carbons (Fsp3) is 0.235. The molecule has 128 valence electrons. The fourth-order valence-electron chi connectivity index (χ4n) is 2.00. The first kappa shape index (κ1) is 18.0. The molecule has 24 heavy (non-hydrogen) atoms. The van der Waals surface area contributed by atoms with Gasteiger partial charge in [0.15, 0.2) is 0 Å². The van der Waals surface area contributed by atoms with Gasteiger partial charge in [-0.25, -0.2) is 4.39 Å². The zero-order valence-electron chi connectivity index (χ0n) is 13.3. The van der Waals surface area contributed by atoms with Gasteiger partial charge in [-0.15, -0.1) is 0 Å². The molecule has 0 aliphatic carbocycles. The van der Waals surface area contributed by atoms with Gasteiger partial charge >= 0.3 is 0 Å². The average Bonchev–Trinajstić information content (AvgIpc) is 2.56. The summed E-state index contributed by atoms with van der Waals surface area (Å²) in [5, 5.41) is 3.06. The number of nitrogens with one attached hydrogen (secondary N) is 1. The molecule has 0 heterocycles. The van der Waals surface area contributed by atoms with Crippen molar-refractivity contribution in [3.8, 4) is 11.5 Å². The second-order valence-corrected chi connectivity index (χ2v) is 5.22. The first-order valence-corrected chi connectivity index (χ1v) is 7.49. The Kier molecular flexibility index (Phi) is 6.40. The molecule has 0 atom stereocenters. The Morgan fingerprint density at radius 2 is 1.92 bits per heavy atom. The molecule has 0 saturated carbocycles. The third-order valence-electron chi connectivity index (χ3n) is 3.14. The van der Waals surface area contributed by atoms with Crippen LogP contribution in [0.2, 0.25) is 5.02 Å². The van der Waals surface area contributed by atoms with Gasteiger partial charge < -0.3 is 19.5 Å². The largest absolute Gasteiger partial charge is 0.496 e. The van der Waals surface area contributed by atoms with Crippen molar-refractivity contribution in [2.75, 3.05) is 32.8 Å². The summed E-state index contributed by atoms with van der Waals surface area (Å²) in [4.78, 5) is 12.5. The van der Waals surface area contributed by atoms with Crippen molar-refractivity contribution >= 4 is 23.2 Å². The summed E-state index contributed by atoms with van der Waals surface area (Å²) in [5.74, 6) is -0.300. The summed E-state index contributed by atoms with van der Waals surface area (Å²) >= 11 is 5.88. The summed E-state index contributed by atoms with van der Waals surface area (Å²) in [7, 11) is 2.98. The van der Waals surface area contributed by atoms with Crippen LogP contribution >= 0.6 is 11.6 Å². The van der Waals surface area contributed by atoms with E-state index in [1.165, 1.54) is 37.4 Å². The van der Waals surface area contributed by atoms with Gasteiger partial charge in [-0.2, -0.15) is 0 Å². The van der Waals surface area contributed by atoms with Crippen molar-refractivity contribution in [1.29, 1.82) is 0 Å². The highest BCUT2D eigenvalue weighted by Crippen LogP contribution is 2.28. The number of rotatable bonds is 7. The topological polar surface area (TPSA) is 56.8 Å². The smallest absolute Gasteiger partial charge is 0.259 e. The van der Waals surface area contributed by atoms with Gasteiger partial charge in [0.1, 0.15) is 23.9 Å². The highest BCUT2D eigenvalue weighted by Gasteiger charge is 2.15. The lowest BCUT2D eigenvalue weighted by molar-refractivity contribution is 0.102. The molecule has 7 heteroatoms. The zero-order chi connectivity index (χ0) is 17.5. The SMILES string of the molecule is COCCOc1ccc(F)cc1NC(=O)c1ccc(Cl)cc1OC. The van der Waals surface area contributed by atoms with Crippen LogP contribution < -0.4 is 14.8 Å². The van der Waals surface area contributed by atoms with Crippen LogP contribution in [-0.4, -0.2) is 33.3 Å². The number of ether oxygens (including phenoxy) is 3. The van der Waals surface area contributed by atoms with Crippen LogP contribution in [0.1, 0.15) is 10.4 Å². The lowest BCUT2D eigenvalue weighted by Crippen LogP contribution is -2.15. The standard InChI is InChI=1S/C17H17ClFNO4/c1-22-7-8-24-15-6-4-12(19)10-14(15)20-17(21)13-5-3-11(18)9-16(13)23-2/h3-6,9-10H,7-8H2,1-2H3,(H,20,21). The van der Waals surface area contributed by atoms with Crippen LogP contribution in [0.5, 0.6) is 11.5 Å². The van der Waals surface area contributed by atoms with Crippen molar-refractivity contribution in [1.82, 2.24) is 0 Å². The predicted molar refractivity (Wildman–Crippen MR) is 89.7 cm³/mol. The molecular weight excluding hydrogens is 337 g/mol. The van der Waals surface area contributed by atoms with E-state index in [0.717, 1.165) is 0 Å². The van der Waals surface area contributed by atoms with E-state index >= 15 is 0 Å². The lowest BCUT2D eigenvalue weighted by atomic mass is 10.1. The van der Waals surface area contributed by atoms with Gasteiger partial charge in [-0.05, 0) is 30.3 Å². The van der Waals surface area contributed by atoms with Crippen molar-refractivity contribution in [2.24, 2.45) is 0 Å². The highest BCUT2D eigenvalue weighted by molar-refractivity contribution is 6.31. The number of methoxy groups -OCH3 is 2. The maximum atomic E-state index is 13.5. The van der Waals surface area contributed by atoms with E-state index < -0.39 is 11.7 Å². The van der Waals surface area contributed by atoms with E-state index in [9.17, 15) is 9.18 Å². The minimum atomic E-state index is -0.493. The van der Waals surface area contributed by atoms with Gasteiger partial charge in [0.2, 0.25) is 0 Å². The molecule has 0 bridgehead atoms. The molecule has 0 saturated heterocycles. The summed E-state index contributed by atoms with van der Waals surface area (Å²) in [6.45, 7) is 0.644. The Hall–Kier alpha value is -2.31. The van der Waals surface area contributed by atoms with Crippen LogP contribution in [-0.2, 0) is 4.74 Å². The van der Waals surface area contributed by atoms with Crippen LogP contribution in [0, 0.1) is 5.82 Å². The van der Waals surface area contributed by atoms with E-state index in [2.05, 4.69) is 5.32 Å². The molecule has 2 rings (SSSR count). The molecule has 0 radical (unpaired) electrons. The molecule has 0 unspecified atom stereocenters. The zero-order valence-corrected chi connectivity index (χ0v) is 14.0. The number of carbonyl (C=O) groups excluding carboxylic acids is 1. The van der Waals surface area contributed by atoms with Crippen LogP contribution in [0.4, 0.5) is 10.1 Å². The van der Waals surface area contributed by atoms with E-state index in [4.69, 9.17) is 25.8 Å². The van der Waals surface area contributed by atoms with Gasteiger partial charge in [0.25, 0.3) is 5.91 Å². The summed E-state index contributed by atoms with van der Waals surface area (Å²) in [6.07, 6.45) is 0. The molecule has 0 spiro atoms. The Morgan fingerprint density at radius 3 is 2.62 bits per heavy atom. The molecule has 2 aromatic carbocycles. The first-order valence-electron chi connectivity index (χ1n) is 7.11. The summed E-state index contributed by atoms with van der Waals surface area (Å²) in [5.41, 5.74) is 0.488. The number of hydrogen-bond donors (Lipinski definition) is 1. The van der Waals surface area contributed by atoms with Gasteiger partial charge in [-0.3, -0.25) is 4.79 Å². The maximum absolute atomic E-state index is 13.5. The normalized spacial score (nSPS) is 10.3. The Bertz CT molecular complexity index is 724. The number of benzene rings is 2. The second kappa shape index (κ2) is 8.52. The maximum Gasteiger partial charge on any atom is 0.259 e. The molecule has 0 aliphatic rings. The molecule has 0 aromatic heterocycles. The van der Waals surface area contributed by atoms with Gasteiger partial charge in [0.05, 0.1) is 25.0 Å². The number of carbonyl (C=O) groups is 1. The van der Waals surface area contributed by atoms with Crippen molar-refractivity contribution in [3.05, 3.63) is 52.8 Å². The lowest BCUT2D eigenvalue weighted by Gasteiger charge is -2.14. The molecule has 0 fully saturated rings. The minimum absolute atomic E-state index is 0.216. The first-order chi connectivity index (χ1) is 11.5. The average molecular weight is 354 g/mol. The molecule has 1 N–H and O–H groups in total. The minimum Gasteiger partial charge on any atom is -0.496 e. The van der Waals surface area contributed by atoms with Gasteiger partial charge in [0, 0.05) is 18.2 Å². The van der Waals surface area contributed by atoms with E-state index in [0.29, 0.717) is 23.1 Å². The van der Waals surface area contributed by atoms with Crippen LogP contribution in [0.25, 0.3) is 0 Å². The summed E-state index contributed by atoms with van der Waals surface area (Å²) < 4.78 is 29.1. The molecule has 5 nitrogen and oxygen atoms in total. The second-order valence-electron chi connectivity index (χ2n) is 4.78. The van der Waals surface area contributed by atoms with E-state index in [1.54, 1.807) is 13.2 Å². The Labute approximate surface area is 144 Å². The van der Waals surface area contributed by atoms with E-state index in [1.807, 2.05) is 0 Å². The van der Waals surface area contributed by atoms with Crippen molar-refractivity contribution in [2.45, 2.75) is 0 Å². The quantitative estimate of drug-likeness (QED) is 0.770. The number of hydrogen-bond acceptors (Lipinski definition) is 4. The summed E-state index contributed by atoms with van der Waals surface area (Å²) in [6, 6.07) is 8.50. The fourth-order valence-corrected chi connectivity index (χ4v) is 2.17. The molecule has 2 aromatic rings. The van der Waals surface area contributed by atoms with Crippen molar-refractivity contribution in [3.63, 3.8) is 0 Å². The van der Waals surface area contributed by atoms with Crippen molar-refractivity contribution < 1.29 is 23.4 Å². The molecule has 1 amide bonds.